The molecule has 0 aromatic rings. The second-order valence-electron chi connectivity index (χ2n) is 2.59. The van der Waals surface area contributed by atoms with E-state index < -0.39 is 7.60 Å². The van der Waals surface area contributed by atoms with E-state index in [9.17, 15) is 4.57 Å². The molecular formula is C6H14ClO3P. The fourth-order valence-corrected chi connectivity index (χ4v) is 2.17. The Labute approximate surface area is 71.9 Å². The molecule has 0 saturated carbocycles. The zero-order valence-electron chi connectivity index (χ0n) is 6.53. The lowest BCUT2D eigenvalue weighted by Gasteiger charge is -2.08. The average Bonchev–Trinajstić information content (AvgIpc) is 1.79. The lowest BCUT2D eigenvalue weighted by molar-refractivity contribution is 0.371. The van der Waals surface area contributed by atoms with E-state index in [1.165, 1.54) is 0 Å². The maximum Gasteiger partial charge on any atom is 0.327 e. The van der Waals surface area contributed by atoms with E-state index in [-0.39, 0.29) is 11.5 Å². The zero-order valence-corrected chi connectivity index (χ0v) is 8.18. The highest BCUT2D eigenvalue weighted by Gasteiger charge is 2.18. The second kappa shape index (κ2) is 5.15. The minimum atomic E-state index is -3.89. The zero-order chi connectivity index (χ0) is 8.91. The van der Waals surface area contributed by atoms with Gasteiger partial charge in [-0.3, -0.25) is 4.57 Å². The van der Waals surface area contributed by atoms with Crippen LogP contribution in [0.1, 0.15) is 26.2 Å². The van der Waals surface area contributed by atoms with Crippen LogP contribution in [-0.2, 0) is 4.57 Å². The van der Waals surface area contributed by atoms with Crippen molar-refractivity contribution in [3.63, 3.8) is 0 Å². The topological polar surface area (TPSA) is 57.5 Å². The van der Waals surface area contributed by atoms with Crippen molar-refractivity contribution in [1.82, 2.24) is 0 Å². The van der Waals surface area contributed by atoms with Crippen LogP contribution in [0, 0.1) is 0 Å². The van der Waals surface area contributed by atoms with Gasteiger partial charge in [-0.15, -0.1) is 11.6 Å². The van der Waals surface area contributed by atoms with Gasteiger partial charge >= 0.3 is 7.60 Å². The fraction of sp³-hybridized carbons (Fsp3) is 1.00. The van der Waals surface area contributed by atoms with Crippen molar-refractivity contribution in [2.75, 3.05) is 6.16 Å². The lowest BCUT2D eigenvalue weighted by atomic mass is 10.2. The molecule has 0 saturated heterocycles. The number of unbranched alkanes of at least 4 members (excludes halogenated alkanes) is 1. The third-order valence-corrected chi connectivity index (χ3v) is 2.81. The van der Waals surface area contributed by atoms with Crippen LogP contribution in [-0.4, -0.2) is 21.3 Å². The van der Waals surface area contributed by atoms with Crippen molar-refractivity contribution in [3.8, 4) is 0 Å². The molecule has 5 heteroatoms. The summed E-state index contributed by atoms with van der Waals surface area (Å²) in [6.07, 6.45) is 2.41. The van der Waals surface area contributed by atoms with Crippen molar-refractivity contribution in [1.29, 1.82) is 0 Å². The summed E-state index contributed by atoms with van der Waals surface area (Å²) >= 11 is 5.65. The van der Waals surface area contributed by atoms with E-state index >= 15 is 0 Å². The normalized spacial score (nSPS) is 14.9. The molecule has 1 atom stereocenters. The van der Waals surface area contributed by atoms with Gasteiger partial charge < -0.3 is 9.79 Å². The Balaban J connectivity index is 3.52. The Morgan fingerprint density at radius 1 is 1.55 bits per heavy atom. The first-order chi connectivity index (χ1) is 4.95. The molecule has 11 heavy (non-hydrogen) atoms. The molecule has 0 aromatic carbocycles. The van der Waals surface area contributed by atoms with Crippen LogP contribution in [0.4, 0.5) is 0 Å². The quantitative estimate of drug-likeness (QED) is 0.527. The van der Waals surface area contributed by atoms with Gasteiger partial charge in [0.15, 0.2) is 0 Å². The molecule has 0 bridgehead atoms. The Morgan fingerprint density at radius 2 is 2.09 bits per heavy atom. The van der Waals surface area contributed by atoms with E-state index in [2.05, 4.69) is 0 Å². The molecule has 0 aliphatic carbocycles. The summed E-state index contributed by atoms with van der Waals surface area (Å²) in [7, 11) is -3.89. The summed E-state index contributed by atoms with van der Waals surface area (Å²) in [6, 6.07) is 0. The number of halogens is 1. The monoisotopic (exact) mass is 200 g/mol. The fourth-order valence-electron chi connectivity index (χ4n) is 0.775. The van der Waals surface area contributed by atoms with Crippen LogP contribution in [0.3, 0.4) is 0 Å². The van der Waals surface area contributed by atoms with E-state index in [1.54, 1.807) is 0 Å². The molecule has 0 amide bonds. The van der Waals surface area contributed by atoms with Crippen LogP contribution >= 0.6 is 19.2 Å². The molecular weight excluding hydrogens is 186 g/mol. The first-order valence-electron chi connectivity index (χ1n) is 3.64. The molecule has 0 fully saturated rings. The van der Waals surface area contributed by atoms with Crippen LogP contribution in [0.2, 0.25) is 0 Å². The summed E-state index contributed by atoms with van der Waals surface area (Å²) in [5, 5.41) is -0.379. The van der Waals surface area contributed by atoms with Gasteiger partial charge in [0.1, 0.15) is 0 Å². The molecule has 0 heterocycles. The summed E-state index contributed by atoms with van der Waals surface area (Å²) in [6.45, 7) is 2.01. The highest BCUT2D eigenvalue weighted by molar-refractivity contribution is 7.51. The van der Waals surface area contributed by atoms with Gasteiger partial charge in [0.2, 0.25) is 0 Å². The van der Waals surface area contributed by atoms with Crippen molar-refractivity contribution in [2.45, 2.75) is 31.6 Å². The van der Waals surface area contributed by atoms with Crippen molar-refractivity contribution in [3.05, 3.63) is 0 Å². The summed E-state index contributed by atoms with van der Waals surface area (Å²) in [5.41, 5.74) is 0. The van der Waals surface area contributed by atoms with E-state index in [1.807, 2.05) is 6.92 Å². The van der Waals surface area contributed by atoms with Gasteiger partial charge in [0.25, 0.3) is 0 Å². The van der Waals surface area contributed by atoms with Gasteiger partial charge in [-0.2, -0.15) is 0 Å². The molecule has 68 valence electrons. The highest BCUT2D eigenvalue weighted by Crippen LogP contribution is 2.37. The smallest absolute Gasteiger partial charge is 0.324 e. The molecule has 0 aliphatic rings. The Kier molecular flexibility index (Phi) is 5.36. The first kappa shape index (κ1) is 11.4. The Bertz CT molecular complexity index is 145. The molecule has 0 aliphatic heterocycles. The minimum Gasteiger partial charge on any atom is -0.324 e. The maximum atomic E-state index is 10.4. The summed E-state index contributed by atoms with van der Waals surface area (Å²) < 4.78 is 10.4. The van der Waals surface area contributed by atoms with Gasteiger partial charge in [-0.1, -0.05) is 19.8 Å². The van der Waals surface area contributed by atoms with Gasteiger partial charge in [-0.05, 0) is 6.42 Å². The molecule has 0 radical (unpaired) electrons. The second-order valence-corrected chi connectivity index (χ2v) is 4.90. The maximum absolute atomic E-state index is 10.4. The Morgan fingerprint density at radius 3 is 2.45 bits per heavy atom. The van der Waals surface area contributed by atoms with Crippen LogP contribution in [0.25, 0.3) is 0 Å². The van der Waals surface area contributed by atoms with Gasteiger partial charge in [-0.25, -0.2) is 0 Å². The van der Waals surface area contributed by atoms with Gasteiger partial charge in [0.05, 0.1) is 6.16 Å². The predicted octanol–water partition coefficient (Wildman–Crippen LogP) is 1.96. The van der Waals surface area contributed by atoms with E-state index in [0.29, 0.717) is 6.42 Å². The largest absolute Gasteiger partial charge is 0.327 e. The van der Waals surface area contributed by atoms with Crippen LogP contribution < -0.4 is 0 Å². The summed E-state index contributed by atoms with van der Waals surface area (Å²) in [4.78, 5) is 17.0. The Hall–Kier alpha value is 0.440. The number of hydrogen-bond acceptors (Lipinski definition) is 1. The van der Waals surface area contributed by atoms with Gasteiger partial charge in [0, 0.05) is 5.38 Å². The van der Waals surface area contributed by atoms with Crippen molar-refractivity contribution in [2.24, 2.45) is 0 Å². The van der Waals surface area contributed by atoms with E-state index in [4.69, 9.17) is 21.4 Å². The van der Waals surface area contributed by atoms with Crippen molar-refractivity contribution < 1.29 is 14.4 Å². The lowest BCUT2D eigenvalue weighted by Crippen LogP contribution is -2.05. The SMILES string of the molecule is CCCCC(Cl)CP(=O)(O)O. The average molecular weight is 201 g/mol. The molecule has 0 aromatic heterocycles. The summed E-state index contributed by atoms with van der Waals surface area (Å²) in [5.74, 6) is 0. The first-order valence-corrected chi connectivity index (χ1v) is 5.87. The molecule has 0 spiro atoms. The third kappa shape index (κ3) is 8.35. The minimum absolute atomic E-state index is 0.200. The van der Waals surface area contributed by atoms with Crippen LogP contribution in [0.15, 0.2) is 0 Å². The third-order valence-electron chi connectivity index (χ3n) is 1.31. The number of alkyl halides is 1. The predicted molar refractivity (Wildman–Crippen MR) is 46.1 cm³/mol. The molecule has 1 unspecified atom stereocenters. The molecule has 3 nitrogen and oxygen atoms in total. The number of rotatable bonds is 5. The molecule has 2 N–H and O–H groups in total. The number of hydrogen-bond donors (Lipinski definition) is 2. The highest BCUT2D eigenvalue weighted by atomic mass is 35.5. The standard InChI is InChI=1S/C6H14ClO3P/c1-2-3-4-6(7)5-11(8,9)10/h6H,2-5H2,1H3,(H2,8,9,10). The van der Waals surface area contributed by atoms with Crippen LogP contribution in [0.5, 0.6) is 0 Å². The van der Waals surface area contributed by atoms with Crippen molar-refractivity contribution >= 4 is 19.2 Å². The van der Waals surface area contributed by atoms with E-state index in [0.717, 1.165) is 12.8 Å². The molecule has 0 rings (SSSR count).